The lowest BCUT2D eigenvalue weighted by atomic mass is 10.1. The number of hydrogen-bond acceptors (Lipinski definition) is 7. The average Bonchev–Trinajstić information content (AvgIpc) is 3.20. The van der Waals surface area contributed by atoms with Gasteiger partial charge in [-0.15, -0.1) is 0 Å². The molecule has 1 fully saturated rings. The molecule has 2 N–H and O–H groups in total. The van der Waals surface area contributed by atoms with Crippen molar-refractivity contribution < 1.29 is 14.6 Å². The molecule has 0 radical (unpaired) electrons. The number of ether oxygens (including phenoxy) is 2. The van der Waals surface area contributed by atoms with Gasteiger partial charge in [0.1, 0.15) is 12.7 Å². The molecule has 0 spiro atoms. The molecule has 1 aromatic heterocycles. The van der Waals surface area contributed by atoms with Crippen LogP contribution in [-0.2, 0) is 13.0 Å². The number of H-pyrrole nitrogens is 1. The Kier molecular flexibility index (Phi) is 9.14. The van der Waals surface area contributed by atoms with Gasteiger partial charge >= 0.3 is 0 Å². The van der Waals surface area contributed by atoms with Gasteiger partial charge in [0, 0.05) is 38.9 Å². The van der Waals surface area contributed by atoms with Crippen LogP contribution in [0.5, 0.6) is 11.5 Å². The quantitative estimate of drug-likeness (QED) is 0.558. The summed E-state index contributed by atoms with van der Waals surface area (Å²) in [5, 5.41) is 17.4. The van der Waals surface area contributed by atoms with E-state index >= 15 is 0 Å². The fourth-order valence-corrected chi connectivity index (χ4v) is 3.88. The number of methoxy groups -OCH3 is 1. The molecule has 0 saturated carbocycles. The summed E-state index contributed by atoms with van der Waals surface area (Å²) in [5.74, 6) is 1.37. The summed E-state index contributed by atoms with van der Waals surface area (Å²) in [6.45, 7) is 6.78. The maximum Gasteiger partial charge on any atom is 0.161 e. The predicted molar refractivity (Wildman–Crippen MR) is 122 cm³/mol. The molecule has 0 aliphatic carbocycles. The Hall–Kier alpha value is -2.13. The van der Waals surface area contributed by atoms with Crippen molar-refractivity contribution in [3.63, 3.8) is 0 Å². The van der Waals surface area contributed by atoms with Gasteiger partial charge in [0.05, 0.1) is 13.3 Å². The third-order valence-corrected chi connectivity index (χ3v) is 5.73. The van der Waals surface area contributed by atoms with Gasteiger partial charge in [-0.3, -0.25) is 10.00 Å². The van der Waals surface area contributed by atoms with E-state index in [1.165, 1.54) is 5.56 Å². The van der Waals surface area contributed by atoms with Gasteiger partial charge in [0.25, 0.3) is 0 Å². The lowest BCUT2D eigenvalue weighted by Crippen LogP contribution is -2.37. The van der Waals surface area contributed by atoms with Gasteiger partial charge < -0.3 is 24.4 Å². The van der Waals surface area contributed by atoms with Crippen molar-refractivity contribution in [1.29, 1.82) is 0 Å². The van der Waals surface area contributed by atoms with Crippen LogP contribution in [0.25, 0.3) is 0 Å². The number of nitrogens with zero attached hydrogens (tertiary/aromatic N) is 4. The lowest BCUT2D eigenvalue weighted by Gasteiger charge is -2.24. The Labute approximate surface area is 185 Å². The standard InChI is InChI=1S/C23H37N5O3/c1-26-8-4-9-28(12-11-26)17-21(29)18-31-23-13-19(5-6-22(23)30-3)16-27(2)10-7-20-14-24-25-15-20/h5-6,13-15,21,29H,4,7-12,16-18H2,1-3H3,(H,24,25). The van der Waals surface area contributed by atoms with Crippen LogP contribution < -0.4 is 9.47 Å². The van der Waals surface area contributed by atoms with E-state index in [-0.39, 0.29) is 6.61 Å². The van der Waals surface area contributed by atoms with Gasteiger partial charge in [-0.1, -0.05) is 6.07 Å². The lowest BCUT2D eigenvalue weighted by molar-refractivity contribution is 0.0685. The summed E-state index contributed by atoms with van der Waals surface area (Å²) in [6.07, 6.45) is 5.35. The Morgan fingerprint density at radius 2 is 2.06 bits per heavy atom. The number of aliphatic hydroxyl groups is 1. The molecule has 0 bridgehead atoms. The van der Waals surface area contributed by atoms with Crippen molar-refractivity contribution in [3.8, 4) is 11.5 Å². The maximum absolute atomic E-state index is 10.5. The molecule has 8 nitrogen and oxygen atoms in total. The molecule has 1 atom stereocenters. The fourth-order valence-electron chi connectivity index (χ4n) is 3.88. The Morgan fingerprint density at radius 3 is 2.84 bits per heavy atom. The molecule has 1 aliphatic rings. The molecular formula is C23H37N5O3. The van der Waals surface area contributed by atoms with Crippen molar-refractivity contribution in [2.75, 3.05) is 67.1 Å². The number of aromatic amines is 1. The molecule has 1 unspecified atom stereocenters. The first-order chi connectivity index (χ1) is 15.0. The van der Waals surface area contributed by atoms with Gasteiger partial charge in [-0.25, -0.2) is 0 Å². The van der Waals surface area contributed by atoms with Crippen LogP contribution in [0, 0.1) is 0 Å². The van der Waals surface area contributed by atoms with E-state index in [2.05, 4.69) is 45.1 Å². The van der Waals surface area contributed by atoms with E-state index in [0.717, 1.165) is 57.7 Å². The minimum Gasteiger partial charge on any atom is -0.493 e. The molecule has 31 heavy (non-hydrogen) atoms. The summed E-state index contributed by atoms with van der Waals surface area (Å²) >= 11 is 0. The monoisotopic (exact) mass is 431 g/mol. The van der Waals surface area contributed by atoms with Crippen LogP contribution in [0.2, 0.25) is 0 Å². The van der Waals surface area contributed by atoms with Gasteiger partial charge in [-0.2, -0.15) is 5.10 Å². The number of benzene rings is 1. The highest BCUT2D eigenvalue weighted by molar-refractivity contribution is 5.43. The number of hydrogen-bond donors (Lipinski definition) is 2. The van der Waals surface area contributed by atoms with Crippen LogP contribution in [0.15, 0.2) is 30.6 Å². The van der Waals surface area contributed by atoms with Gasteiger partial charge in [0.15, 0.2) is 11.5 Å². The number of rotatable bonds is 11. The smallest absolute Gasteiger partial charge is 0.161 e. The predicted octanol–water partition coefficient (Wildman–Crippen LogP) is 1.47. The maximum atomic E-state index is 10.5. The van der Waals surface area contributed by atoms with Crippen LogP contribution in [0.1, 0.15) is 17.5 Å². The second-order valence-corrected chi connectivity index (χ2v) is 8.50. The van der Waals surface area contributed by atoms with Crippen molar-refractivity contribution in [2.24, 2.45) is 0 Å². The fraction of sp³-hybridized carbons (Fsp3) is 0.609. The molecule has 2 heterocycles. The van der Waals surface area contributed by atoms with E-state index in [1.54, 1.807) is 7.11 Å². The van der Waals surface area contributed by atoms with Crippen molar-refractivity contribution >= 4 is 0 Å². The van der Waals surface area contributed by atoms with Crippen molar-refractivity contribution in [1.82, 2.24) is 24.9 Å². The Bertz CT molecular complexity index is 771. The SMILES string of the molecule is COc1ccc(CN(C)CCc2cn[nH]c2)cc1OCC(O)CN1CCCN(C)CC1. The molecule has 1 aromatic carbocycles. The summed E-state index contributed by atoms with van der Waals surface area (Å²) in [4.78, 5) is 6.93. The molecule has 172 valence electrons. The molecule has 1 saturated heterocycles. The molecule has 8 heteroatoms. The van der Waals surface area contributed by atoms with Crippen LogP contribution in [0.4, 0.5) is 0 Å². The first-order valence-corrected chi connectivity index (χ1v) is 11.1. The average molecular weight is 432 g/mol. The highest BCUT2D eigenvalue weighted by atomic mass is 16.5. The Balaban J connectivity index is 1.49. The number of likely N-dealkylation sites (N-methyl/N-ethyl adjacent to an activating group) is 2. The first-order valence-electron chi connectivity index (χ1n) is 11.1. The molecule has 2 aromatic rings. The van der Waals surface area contributed by atoms with E-state index < -0.39 is 6.10 Å². The van der Waals surface area contributed by atoms with E-state index in [4.69, 9.17) is 9.47 Å². The summed E-state index contributed by atoms with van der Waals surface area (Å²) in [5.41, 5.74) is 2.35. The third kappa shape index (κ3) is 7.81. The molecule has 3 rings (SSSR count). The summed E-state index contributed by atoms with van der Waals surface area (Å²) in [7, 11) is 5.90. The highest BCUT2D eigenvalue weighted by Crippen LogP contribution is 2.28. The van der Waals surface area contributed by atoms with Gasteiger partial charge in [-0.05, 0) is 63.3 Å². The zero-order chi connectivity index (χ0) is 22.1. The van der Waals surface area contributed by atoms with Gasteiger partial charge in [0.2, 0.25) is 0 Å². The number of β-amino-alcohol motifs (C(OH)–C–C–N with tert-alkyl or cyclic N) is 1. The summed E-state index contributed by atoms with van der Waals surface area (Å²) in [6, 6.07) is 6.01. The van der Waals surface area contributed by atoms with E-state index in [0.29, 0.717) is 18.0 Å². The zero-order valence-electron chi connectivity index (χ0n) is 19.1. The summed E-state index contributed by atoms with van der Waals surface area (Å²) < 4.78 is 11.4. The van der Waals surface area contributed by atoms with Crippen LogP contribution >= 0.6 is 0 Å². The second-order valence-electron chi connectivity index (χ2n) is 8.50. The highest BCUT2D eigenvalue weighted by Gasteiger charge is 2.17. The third-order valence-electron chi connectivity index (χ3n) is 5.73. The largest absolute Gasteiger partial charge is 0.493 e. The normalized spacial score (nSPS) is 16.9. The molecule has 0 amide bonds. The van der Waals surface area contributed by atoms with Crippen molar-refractivity contribution in [3.05, 3.63) is 41.7 Å². The minimum absolute atomic E-state index is 0.252. The first kappa shape index (κ1) is 23.5. The van der Waals surface area contributed by atoms with E-state index in [9.17, 15) is 5.11 Å². The minimum atomic E-state index is -0.533. The zero-order valence-corrected chi connectivity index (χ0v) is 19.1. The van der Waals surface area contributed by atoms with Crippen LogP contribution in [0.3, 0.4) is 0 Å². The topological polar surface area (TPSA) is 77.1 Å². The molecule has 1 aliphatic heterocycles. The number of nitrogens with one attached hydrogen (secondary N) is 1. The van der Waals surface area contributed by atoms with Crippen LogP contribution in [-0.4, -0.2) is 103 Å². The van der Waals surface area contributed by atoms with E-state index in [1.807, 2.05) is 24.5 Å². The number of aliphatic hydroxyl groups excluding tert-OH is 1. The van der Waals surface area contributed by atoms with Crippen molar-refractivity contribution in [2.45, 2.75) is 25.5 Å². The Morgan fingerprint density at radius 1 is 1.19 bits per heavy atom. The molecular weight excluding hydrogens is 394 g/mol. The number of aromatic nitrogens is 2. The second kappa shape index (κ2) is 12.0.